The molecule has 0 amide bonds. The van der Waals surface area contributed by atoms with E-state index < -0.39 is 0 Å². The van der Waals surface area contributed by atoms with Crippen LogP contribution in [0.4, 0.5) is 0 Å². The minimum Gasteiger partial charge on any atom is -0.274 e. The summed E-state index contributed by atoms with van der Waals surface area (Å²) >= 11 is 1.89. The van der Waals surface area contributed by atoms with Crippen LogP contribution in [0.2, 0.25) is 0 Å². The first-order chi connectivity index (χ1) is 19.2. The Balaban J connectivity index is 1.32. The van der Waals surface area contributed by atoms with E-state index in [2.05, 4.69) is 126 Å². The van der Waals surface area contributed by atoms with E-state index in [4.69, 9.17) is 5.10 Å². The zero-order valence-electron chi connectivity index (χ0n) is 21.8. The molecule has 0 bridgehead atoms. The van der Waals surface area contributed by atoms with Crippen molar-refractivity contribution in [1.82, 2.24) is 14.6 Å². The zero-order valence-corrected chi connectivity index (χ0v) is 22.6. The lowest BCUT2D eigenvalue weighted by Gasteiger charge is -2.10. The zero-order chi connectivity index (χ0) is 26.1. The number of aromatic nitrogens is 3. The number of para-hydroxylation sites is 1. The van der Waals surface area contributed by atoms with E-state index in [1.165, 1.54) is 53.2 Å². The third kappa shape index (κ3) is 3.35. The van der Waals surface area contributed by atoms with Crippen molar-refractivity contribution in [3.63, 3.8) is 0 Å². The number of thiophene rings is 1. The highest BCUT2D eigenvalue weighted by molar-refractivity contribution is 7.26. The summed E-state index contributed by atoms with van der Waals surface area (Å²) < 4.78 is 4.90. The van der Waals surface area contributed by atoms with Gasteiger partial charge in [0.1, 0.15) is 0 Å². The van der Waals surface area contributed by atoms with E-state index in [1.54, 1.807) is 0 Å². The van der Waals surface area contributed by atoms with Gasteiger partial charge in [0.25, 0.3) is 0 Å². The summed E-state index contributed by atoms with van der Waals surface area (Å²) in [6, 6.07) is 37.4. The van der Waals surface area contributed by atoms with Crippen LogP contribution in [0.3, 0.4) is 0 Å². The molecule has 0 spiro atoms. The lowest BCUT2D eigenvalue weighted by atomic mass is 9.97. The van der Waals surface area contributed by atoms with Crippen molar-refractivity contribution in [2.75, 3.05) is 0 Å². The number of fused-ring (bicyclic) bond motifs is 9. The molecule has 4 heteroatoms. The lowest BCUT2D eigenvalue weighted by Crippen LogP contribution is -1.94. The minimum absolute atomic E-state index is 0.864. The first kappa shape index (κ1) is 22.4. The summed E-state index contributed by atoms with van der Waals surface area (Å²) in [4.78, 5) is 0. The topological polar surface area (TPSA) is 30.2 Å². The standard InChI is InChI=1S/C35H25N3S/c1-3-22-19-28(33-30(20-22)29-18-21(2)12-17-32(29)39-33)23-13-15-24(16-14-23)34-36-37-35-27-10-5-4-8-25(27)26-9-6-7-11-31(26)38(34)35/h4-20H,3H2,1-2H3. The van der Waals surface area contributed by atoms with Gasteiger partial charge in [-0.1, -0.05) is 85.3 Å². The number of hydrogen-bond acceptors (Lipinski definition) is 3. The van der Waals surface area contributed by atoms with Gasteiger partial charge in [-0.3, -0.25) is 4.40 Å². The van der Waals surface area contributed by atoms with Crippen molar-refractivity contribution in [2.24, 2.45) is 0 Å². The SMILES string of the molecule is CCc1cc(-c2ccc(-c3nnc4c5ccccc5c5ccccc5n34)cc2)c2sc3ccc(C)cc3c2c1. The first-order valence-corrected chi connectivity index (χ1v) is 14.2. The van der Waals surface area contributed by atoms with Crippen LogP contribution < -0.4 is 0 Å². The summed E-state index contributed by atoms with van der Waals surface area (Å²) in [7, 11) is 0. The van der Waals surface area contributed by atoms with E-state index in [9.17, 15) is 0 Å². The average molecular weight is 520 g/mol. The Morgan fingerprint density at radius 1 is 0.667 bits per heavy atom. The maximum atomic E-state index is 4.70. The molecule has 0 saturated heterocycles. The van der Waals surface area contributed by atoms with Crippen LogP contribution in [-0.2, 0) is 6.42 Å². The van der Waals surface area contributed by atoms with E-state index in [0.717, 1.165) is 34.4 Å². The van der Waals surface area contributed by atoms with Gasteiger partial charge in [0, 0.05) is 36.5 Å². The van der Waals surface area contributed by atoms with Gasteiger partial charge in [0.05, 0.1) is 5.52 Å². The predicted molar refractivity (Wildman–Crippen MR) is 166 cm³/mol. The molecule has 0 aliphatic heterocycles. The van der Waals surface area contributed by atoms with Gasteiger partial charge in [0.15, 0.2) is 11.5 Å². The fourth-order valence-corrected chi connectivity index (χ4v) is 7.15. The molecule has 3 heterocycles. The quantitative estimate of drug-likeness (QED) is 0.218. The maximum Gasteiger partial charge on any atom is 0.169 e. The molecular formula is C35H25N3S. The van der Waals surface area contributed by atoms with Gasteiger partial charge in [-0.25, -0.2) is 0 Å². The predicted octanol–water partition coefficient (Wildman–Crippen LogP) is 9.61. The molecule has 186 valence electrons. The molecule has 0 aliphatic rings. The second-order valence-electron chi connectivity index (χ2n) is 10.3. The number of rotatable bonds is 3. The van der Waals surface area contributed by atoms with E-state index in [1.807, 2.05) is 11.3 Å². The molecule has 3 nitrogen and oxygen atoms in total. The molecule has 0 aliphatic carbocycles. The molecule has 0 atom stereocenters. The molecule has 0 N–H and O–H groups in total. The van der Waals surface area contributed by atoms with Crippen LogP contribution in [0.1, 0.15) is 18.1 Å². The van der Waals surface area contributed by atoms with Crippen LogP contribution in [-0.4, -0.2) is 14.6 Å². The molecule has 0 fully saturated rings. The highest BCUT2D eigenvalue weighted by Crippen LogP contribution is 2.42. The highest BCUT2D eigenvalue weighted by atomic mass is 32.1. The van der Waals surface area contributed by atoms with Crippen molar-refractivity contribution < 1.29 is 0 Å². The van der Waals surface area contributed by atoms with Crippen LogP contribution in [0.15, 0.2) is 103 Å². The van der Waals surface area contributed by atoms with Gasteiger partial charge in [-0.05, 0) is 65.8 Å². The summed E-state index contributed by atoms with van der Waals surface area (Å²) in [5, 5.41) is 15.6. The van der Waals surface area contributed by atoms with Crippen LogP contribution >= 0.6 is 11.3 Å². The molecule has 5 aromatic carbocycles. The maximum absolute atomic E-state index is 4.70. The van der Waals surface area contributed by atoms with E-state index in [0.29, 0.717) is 0 Å². The van der Waals surface area contributed by atoms with Gasteiger partial charge < -0.3 is 0 Å². The third-order valence-electron chi connectivity index (χ3n) is 7.91. The molecule has 39 heavy (non-hydrogen) atoms. The number of hydrogen-bond donors (Lipinski definition) is 0. The Morgan fingerprint density at radius 3 is 2.23 bits per heavy atom. The fraction of sp³-hybridized carbons (Fsp3) is 0.0857. The molecule has 0 unspecified atom stereocenters. The Labute approximate surface area is 230 Å². The molecular weight excluding hydrogens is 494 g/mol. The Morgan fingerprint density at radius 2 is 1.41 bits per heavy atom. The average Bonchev–Trinajstić information content (AvgIpc) is 3.59. The van der Waals surface area contributed by atoms with Crippen molar-refractivity contribution in [3.05, 3.63) is 114 Å². The Hall–Kier alpha value is -4.54. The molecule has 8 aromatic rings. The van der Waals surface area contributed by atoms with Gasteiger partial charge >= 0.3 is 0 Å². The van der Waals surface area contributed by atoms with Crippen LogP contribution in [0.5, 0.6) is 0 Å². The monoisotopic (exact) mass is 519 g/mol. The van der Waals surface area contributed by atoms with Crippen LogP contribution in [0, 0.1) is 6.92 Å². The Bertz CT molecular complexity index is 2220. The largest absolute Gasteiger partial charge is 0.274 e. The highest BCUT2D eigenvalue weighted by Gasteiger charge is 2.17. The van der Waals surface area contributed by atoms with Gasteiger partial charge in [-0.15, -0.1) is 21.5 Å². The number of pyridine rings is 1. The van der Waals surface area contributed by atoms with Crippen molar-refractivity contribution in [3.8, 4) is 22.5 Å². The second kappa shape index (κ2) is 8.48. The first-order valence-electron chi connectivity index (χ1n) is 13.4. The number of aryl methyl sites for hydroxylation is 2. The summed E-state index contributed by atoms with van der Waals surface area (Å²) in [5.41, 5.74) is 8.26. The van der Waals surface area contributed by atoms with Crippen LogP contribution in [0.25, 0.3) is 70.0 Å². The normalized spacial score (nSPS) is 11.9. The minimum atomic E-state index is 0.864. The smallest absolute Gasteiger partial charge is 0.169 e. The van der Waals surface area contributed by atoms with E-state index >= 15 is 0 Å². The molecule has 8 rings (SSSR count). The van der Waals surface area contributed by atoms with Gasteiger partial charge in [0.2, 0.25) is 0 Å². The van der Waals surface area contributed by atoms with Crippen molar-refractivity contribution >= 4 is 58.8 Å². The second-order valence-corrected chi connectivity index (χ2v) is 11.4. The van der Waals surface area contributed by atoms with Crippen molar-refractivity contribution in [2.45, 2.75) is 20.3 Å². The molecule has 0 radical (unpaired) electrons. The summed E-state index contributed by atoms with van der Waals surface area (Å²) in [6.45, 7) is 4.41. The lowest BCUT2D eigenvalue weighted by molar-refractivity contribution is 1.12. The number of nitrogens with zero attached hydrogens (tertiary/aromatic N) is 3. The van der Waals surface area contributed by atoms with Gasteiger partial charge in [-0.2, -0.15) is 0 Å². The number of benzene rings is 5. The molecule has 3 aromatic heterocycles. The summed E-state index contributed by atoms with van der Waals surface area (Å²) in [5.74, 6) is 0.864. The molecule has 0 saturated carbocycles. The van der Waals surface area contributed by atoms with Crippen molar-refractivity contribution in [1.29, 1.82) is 0 Å². The fourth-order valence-electron chi connectivity index (χ4n) is 5.95. The Kier molecular flexibility index (Phi) is 4.88. The third-order valence-corrected chi connectivity index (χ3v) is 9.13. The summed E-state index contributed by atoms with van der Waals surface area (Å²) in [6.07, 6.45) is 1.01. The van der Waals surface area contributed by atoms with E-state index in [-0.39, 0.29) is 0 Å².